The molecular weight excluding hydrogens is 339 g/mol. The Bertz CT molecular complexity index is 803. The van der Waals surface area contributed by atoms with E-state index in [1.165, 1.54) is 30.5 Å². The molecule has 6 heteroatoms. The Kier molecular flexibility index (Phi) is 5.48. The van der Waals surface area contributed by atoms with Crippen molar-refractivity contribution >= 4 is 5.69 Å². The highest BCUT2D eigenvalue weighted by Crippen LogP contribution is 2.33. The van der Waals surface area contributed by atoms with E-state index in [2.05, 4.69) is 16.3 Å². The average Bonchev–Trinajstić information content (AvgIpc) is 3.13. The lowest BCUT2D eigenvalue weighted by molar-refractivity contribution is -0.137. The molecule has 1 heterocycles. The molecule has 3 rings (SSSR count). The van der Waals surface area contributed by atoms with Crippen molar-refractivity contribution in [3.63, 3.8) is 0 Å². The number of hydrogen-bond acceptors (Lipinski definition) is 3. The molecule has 0 spiro atoms. The molecule has 3 nitrogen and oxygen atoms in total. The van der Waals surface area contributed by atoms with Gasteiger partial charge in [-0.2, -0.15) is 18.4 Å². The van der Waals surface area contributed by atoms with E-state index < -0.39 is 11.7 Å². The molecule has 0 radical (unpaired) electrons. The van der Waals surface area contributed by atoms with Crippen LogP contribution in [0, 0.1) is 11.3 Å². The van der Waals surface area contributed by atoms with E-state index in [1.54, 1.807) is 6.07 Å². The van der Waals surface area contributed by atoms with Crippen molar-refractivity contribution in [2.45, 2.75) is 32.1 Å². The van der Waals surface area contributed by atoms with Crippen molar-refractivity contribution in [2.75, 3.05) is 18.4 Å². The lowest BCUT2D eigenvalue weighted by atomic mass is 10.1. The van der Waals surface area contributed by atoms with E-state index >= 15 is 0 Å². The fraction of sp³-hybridized carbons (Fsp3) is 0.350. The minimum absolute atomic E-state index is 0.354. The van der Waals surface area contributed by atoms with E-state index in [0.717, 1.165) is 31.3 Å². The zero-order valence-electron chi connectivity index (χ0n) is 14.3. The number of halogens is 3. The molecule has 1 saturated heterocycles. The molecule has 1 N–H and O–H groups in total. The molecule has 0 bridgehead atoms. The highest BCUT2D eigenvalue weighted by atomic mass is 19.4. The van der Waals surface area contributed by atoms with Crippen LogP contribution in [-0.2, 0) is 19.3 Å². The van der Waals surface area contributed by atoms with Gasteiger partial charge in [0.25, 0.3) is 0 Å². The number of likely N-dealkylation sites (tertiary alicyclic amines) is 1. The van der Waals surface area contributed by atoms with Gasteiger partial charge >= 0.3 is 6.18 Å². The normalized spacial score (nSPS) is 15.0. The quantitative estimate of drug-likeness (QED) is 0.835. The van der Waals surface area contributed by atoms with Crippen LogP contribution in [0.4, 0.5) is 18.9 Å². The van der Waals surface area contributed by atoms with Crippen LogP contribution in [0.3, 0.4) is 0 Å². The molecule has 1 aliphatic rings. The van der Waals surface area contributed by atoms with Gasteiger partial charge < -0.3 is 5.32 Å². The first-order chi connectivity index (χ1) is 12.5. The van der Waals surface area contributed by atoms with Crippen LogP contribution >= 0.6 is 0 Å². The maximum Gasteiger partial charge on any atom is 0.417 e. The second kappa shape index (κ2) is 7.79. The van der Waals surface area contributed by atoms with Crippen LogP contribution in [0.1, 0.15) is 35.1 Å². The number of nitrogens with one attached hydrogen (secondary N) is 1. The summed E-state index contributed by atoms with van der Waals surface area (Å²) in [7, 11) is 0. The van der Waals surface area contributed by atoms with Crippen LogP contribution in [-0.4, -0.2) is 18.0 Å². The summed E-state index contributed by atoms with van der Waals surface area (Å²) >= 11 is 0. The summed E-state index contributed by atoms with van der Waals surface area (Å²) in [4.78, 5) is 2.39. The van der Waals surface area contributed by atoms with Crippen LogP contribution in [0.5, 0.6) is 0 Å². The summed E-state index contributed by atoms with van der Waals surface area (Å²) in [6.45, 7) is 3.48. The van der Waals surface area contributed by atoms with Crippen molar-refractivity contribution in [2.24, 2.45) is 0 Å². The van der Waals surface area contributed by atoms with Crippen LogP contribution in [0.15, 0.2) is 42.5 Å². The Balaban J connectivity index is 1.74. The lowest BCUT2D eigenvalue weighted by Crippen LogP contribution is -2.19. The summed E-state index contributed by atoms with van der Waals surface area (Å²) in [6, 6.07) is 13.3. The van der Waals surface area contributed by atoms with E-state index in [1.807, 2.05) is 18.2 Å². The second-order valence-electron chi connectivity index (χ2n) is 6.48. The number of anilines is 1. The Hall–Kier alpha value is -2.52. The first-order valence-corrected chi connectivity index (χ1v) is 8.62. The predicted octanol–water partition coefficient (Wildman–Crippen LogP) is 4.78. The van der Waals surface area contributed by atoms with Gasteiger partial charge in [0.05, 0.1) is 17.2 Å². The summed E-state index contributed by atoms with van der Waals surface area (Å²) in [5, 5.41) is 11.9. The number of benzene rings is 2. The largest absolute Gasteiger partial charge is 0.417 e. The smallest absolute Gasteiger partial charge is 0.381 e. The molecule has 0 saturated carbocycles. The van der Waals surface area contributed by atoms with Gasteiger partial charge in [-0.3, -0.25) is 4.90 Å². The van der Waals surface area contributed by atoms with E-state index in [4.69, 9.17) is 5.26 Å². The lowest BCUT2D eigenvalue weighted by Gasteiger charge is -2.18. The molecule has 0 aliphatic carbocycles. The minimum Gasteiger partial charge on any atom is -0.381 e. The van der Waals surface area contributed by atoms with Gasteiger partial charge in [-0.05, 0) is 55.3 Å². The fourth-order valence-corrected chi connectivity index (χ4v) is 3.25. The summed E-state index contributed by atoms with van der Waals surface area (Å²) in [5.74, 6) is 0. The van der Waals surface area contributed by atoms with Gasteiger partial charge in [0.15, 0.2) is 0 Å². The predicted molar refractivity (Wildman–Crippen MR) is 94.4 cm³/mol. The van der Waals surface area contributed by atoms with Crippen molar-refractivity contribution < 1.29 is 13.2 Å². The minimum atomic E-state index is -4.55. The van der Waals surface area contributed by atoms with Crippen molar-refractivity contribution in [1.29, 1.82) is 5.26 Å². The third-order valence-corrected chi connectivity index (χ3v) is 4.64. The summed E-state index contributed by atoms with van der Waals surface area (Å²) in [6.07, 6.45) is -2.12. The standard InChI is InChI=1S/C20H20F3N3/c21-20(22,23)19-11-18(8-7-15(19)12-24)25-13-16-5-1-2-6-17(16)14-26-9-3-4-10-26/h1-2,5-8,11,25H,3-4,9-10,13-14H2. The Labute approximate surface area is 151 Å². The zero-order valence-corrected chi connectivity index (χ0v) is 14.3. The van der Waals surface area contributed by atoms with E-state index in [-0.39, 0.29) is 5.56 Å². The Morgan fingerprint density at radius 1 is 1.04 bits per heavy atom. The molecule has 0 unspecified atom stereocenters. The van der Waals surface area contributed by atoms with Crippen molar-refractivity contribution in [1.82, 2.24) is 4.90 Å². The first kappa shape index (κ1) is 18.3. The maximum atomic E-state index is 13.1. The number of rotatable bonds is 5. The van der Waals surface area contributed by atoms with Gasteiger partial charge in [-0.25, -0.2) is 0 Å². The molecule has 1 aliphatic heterocycles. The number of alkyl halides is 3. The zero-order chi connectivity index (χ0) is 18.6. The van der Waals surface area contributed by atoms with Crippen LogP contribution < -0.4 is 5.32 Å². The Morgan fingerprint density at radius 3 is 2.38 bits per heavy atom. The van der Waals surface area contributed by atoms with Gasteiger partial charge in [0, 0.05) is 18.8 Å². The van der Waals surface area contributed by atoms with Gasteiger partial charge in [-0.15, -0.1) is 0 Å². The fourth-order valence-electron chi connectivity index (χ4n) is 3.25. The Morgan fingerprint density at radius 2 is 1.73 bits per heavy atom. The van der Waals surface area contributed by atoms with Crippen molar-refractivity contribution in [3.05, 3.63) is 64.7 Å². The number of nitriles is 1. The first-order valence-electron chi connectivity index (χ1n) is 8.62. The van der Waals surface area contributed by atoms with Crippen LogP contribution in [0.25, 0.3) is 0 Å². The molecule has 26 heavy (non-hydrogen) atoms. The highest BCUT2D eigenvalue weighted by Gasteiger charge is 2.33. The molecule has 2 aromatic carbocycles. The van der Waals surface area contributed by atoms with Gasteiger partial charge in [0.1, 0.15) is 0 Å². The molecule has 2 aromatic rings. The molecule has 1 fully saturated rings. The second-order valence-corrected chi connectivity index (χ2v) is 6.48. The number of hydrogen-bond donors (Lipinski definition) is 1. The summed E-state index contributed by atoms with van der Waals surface area (Å²) in [5.41, 5.74) is 1.34. The third kappa shape index (κ3) is 4.36. The van der Waals surface area contributed by atoms with Crippen molar-refractivity contribution in [3.8, 4) is 6.07 Å². The molecular formula is C20H20F3N3. The topological polar surface area (TPSA) is 39.1 Å². The average molecular weight is 359 g/mol. The van der Waals surface area contributed by atoms with Gasteiger partial charge in [-0.1, -0.05) is 24.3 Å². The van der Waals surface area contributed by atoms with E-state index in [9.17, 15) is 13.2 Å². The highest BCUT2D eigenvalue weighted by molar-refractivity contribution is 5.53. The molecule has 0 atom stereocenters. The maximum absolute atomic E-state index is 13.1. The third-order valence-electron chi connectivity index (χ3n) is 4.64. The summed E-state index contributed by atoms with van der Waals surface area (Å²) < 4.78 is 39.3. The SMILES string of the molecule is N#Cc1ccc(NCc2ccccc2CN2CCCC2)cc1C(F)(F)F. The monoisotopic (exact) mass is 359 g/mol. The molecule has 0 amide bonds. The van der Waals surface area contributed by atoms with E-state index in [0.29, 0.717) is 12.2 Å². The number of nitrogens with zero attached hydrogens (tertiary/aromatic N) is 2. The molecule has 0 aromatic heterocycles. The molecule has 136 valence electrons. The van der Waals surface area contributed by atoms with Gasteiger partial charge in [0.2, 0.25) is 0 Å². The van der Waals surface area contributed by atoms with Crippen LogP contribution in [0.2, 0.25) is 0 Å².